The Morgan fingerprint density at radius 3 is 1.48 bits per heavy atom. The molecule has 0 amide bonds. The van der Waals surface area contributed by atoms with Gasteiger partial charge in [0.1, 0.15) is 0 Å². The summed E-state index contributed by atoms with van der Waals surface area (Å²) < 4.78 is 0. The van der Waals surface area contributed by atoms with E-state index >= 15 is 0 Å². The van der Waals surface area contributed by atoms with Gasteiger partial charge in [-0.25, -0.2) is 9.59 Å². The van der Waals surface area contributed by atoms with Crippen LogP contribution in [0.15, 0.2) is 24.3 Å². The van der Waals surface area contributed by atoms with Crippen LogP contribution in [0, 0.1) is 5.92 Å². The number of rotatable bonds is 3. The summed E-state index contributed by atoms with van der Waals surface area (Å²) in [4.78, 5) is 20.7. The molecule has 1 fully saturated rings. The number of carboxylic acid groups (broad SMARTS) is 2. The first-order chi connectivity index (χ1) is 9.91. The van der Waals surface area contributed by atoms with E-state index in [9.17, 15) is 9.59 Å². The van der Waals surface area contributed by atoms with Crippen LogP contribution in [0.25, 0.3) is 0 Å². The van der Waals surface area contributed by atoms with Crippen LogP contribution in [-0.2, 0) is 0 Å². The van der Waals surface area contributed by atoms with Crippen molar-refractivity contribution in [2.45, 2.75) is 38.4 Å². The first-order valence-electron chi connectivity index (χ1n) is 6.84. The number of aliphatic hydroxyl groups is 2. The Kier molecular flexibility index (Phi) is 6.84. The van der Waals surface area contributed by atoms with Gasteiger partial charge in [-0.3, -0.25) is 0 Å². The van der Waals surface area contributed by atoms with Crippen LogP contribution in [0.4, 0.5) is 0 Å². The zero-order valence-electron chi connectivity index (χ0n) is 11.6. The summed E-state index contributed by atoms with van der Waals surface area (Å²) >= 11 is 0. The monoisotopic (exact) mass is 296 g/mol. The Hall–Kier alpha value is -1.92. The van der Waals surface area contributed by atoms with Gasteiger partial charge in [0.25, 0.3) is 0 Å². The summed E-state index contributed by atoms with van der Waals surface area (Å²) in [6, 6.07) is 5.02. The average Bonchev–Trinajstić information content (AvgIpc) is 2.49. The van der Waals surface area contributed by atoms with Gasteiger partial charge in [-0.15, -0.1) is 0 Å². The van der Waals surface area contributed by atoms with Gasteiger partial charge in [-0.05, 0) is 37.1 Å². The minimum Gasteiger partial charge on any atom is -0.478 e. The topological polar surface area (TPSA) is 115 Å². The maximum atomic E-state index is 10.3. The summed E-state index contributed by atoms with van der Waals surface area (Å²) in [5.74, 6) is -1.96. The van der Waals surface area contributed by atoms with Gasteiger partial charge in [0.2, 0.25) is 0 Å². The molecule has 6 nitrogen and oxygen atoms in total. The predicted molar refractivity (Wildman–Crippen MR) is 75.2 cm³/mol. The van der Waals surface area contributed by atoms with Crippen molar-refractivity contribution in [1.29, 1.82) is 0 Å². The van der Waals surface area contributed by atoms with Crippen LogP contribution < -0.4 is 0 Å². The molecular weight excluding hydrogens is 276 g/mol. The number of hydrogen-bond acceptors (Lipinski definition) is 4. The number of carboxylic acids is 2. The molecule has 1 aromatic rings. The van der Waals surface area contributed by atoms with Crippen molar-refractivity contribution in [2.75, 3.05) is 0 Å². The smallest absolute Gasteiger partial charge is 0.335 e. The lowest BCUT2D eigenvalue weighted by Crippen LogP contribution is -2.21. The molecule has 0 saturated heterocycles. The van der Waals surface area contributed by atoms with E-state index in [-0.39, 0.29) is 17.0 Å². The summed E-state index contributed by atoms with van der Waals surface area (Å²) in [6.45, 7) is 0. The van der Waals surface area contributed by atoms with Crippen molar-refractivity contribution >= 4 is 11.9 Å². The Balaban J connectivity index is 0.000000219. The Labute approximate surface area is 122 Å². The fourth-order valence-electron chi connectivity index (χ4n) is 2.19. The van der Waals surface area contributed by atoms with Crippen molar-refractivity contribution in [1.82, 2.24) is 0 Å². The van der Waals surface area contributed by atoms with Gasteiger partial charge in [0.05, 0.1) is 11.1 Å². The van der Waals surface area contributed by atoms with E-state index in [1.165, 1.54) is 43.5 Å². The van der Waals surface area contributed by atoms with Crippen molar-refractivity contribution in [2.24, 2.45) is 5.92 Å². The quantitative estimate of drug-likeness (QED) is 0.634. The van der Waals surface area contributed by atoms with E-state index in [1.807, 2.05) is 0 Å². The normalized spacial score (nSPS) is 15.2. The SMILES string of the molecule is O=C(O)c1ccc(C(=O)O)cc1.OC(O)C1CCCCC1. The summed E-state index contributed by atoms with van der Waals surface area (Å²) in [6.07, 6.45) is 4.54. The second kappa shape index (κ2) is 8.39. The van der Waals surface area contributed by atoms with Gasteiger partial charge in [-0.1, -0.05) is 19.3 Å². The molecule has 0 unspecified atom stereocenters. The van der Waals surface area contributed by atoms with Gasteiger partial charge >= 0.3 is 11.9 Å². The molecule has 1 aliphatic rings. The largest absolute Gasteiger partial charge is 0.478 e. The summed E-state index contributed by atoms with van der Waals surface area (Å²) in [5, 5.41) is 34.4. The van der Waals surface area contributed by atoms with Gasteiger partial charge < -0.3 is 20.4 Å². The molecule has 4 N–H and O–H groups in total. The van der Waals surface area contributed by atoms with E-state index in [0.717, 1.165) is 12.8 Å². The average molecular weight is 296 g/mol. The van der Waals surface area contributed by atoms with Crippen LogP contribution >= 0.6 is 0 Å². The van der Waals surface area contributed by atoms with Crippen LogP contribution in [0.3, 0.4) is 0 Å². The fraction of sp³-hybridized carbons (Fsp3) is 0.467. The highest BCUT2D eigenvalue weighted by Crippen LogP contribution is 2.25. The van der Waals surface area contributed by atoms with Crippen LogP contribution in [-0.4, -0.2) is 38.7 Å². The van der Waals surface area contributed by atoms with E-state index in [2.05, 4.69) is 0 Å². The highest BCUT2D eigenvalue weighted by Gasteiger charge is 2.18. The molecule has 1 saturated carbocycles. The number of benzene rings is 1. The van der Waals surface area contributed by atoms with Crippen LogP contribution in [0.2, 0.25) is 0 Å². The highest BCUT2D eigenvalue weighted by molar-refractivity contribution is 5.91. The Morgan fingerprint density at radius 1 is 0.857 bits per heavy atom. The summed E-state index contributed by atoms with van der Waals surface area (Å²) in [5.41, 5.74) is 0.167. The summed E-state index contributed by atoms with van der Waals surface area (Å²) in [7, 11) is 0. The van der Waals surface area contributed by atoms with Crippen molar-refractivity contribution in [3.63, 3.8) is 0 Å². The van der Waals surface area contributed by atoms with E-state index in [1.54, 1.807) is 0 Å². The molecule has 0 bridgehead atoms. The molecule has 0 aromatic heterocycles. The van der Waals surface area contributed by atoms with Crippen molar-refractivity contribution < 1.29 is 30.0 Å². The van der Waals surface area contributed by atoms with E-state index in [4.69, 9.17) is 20.4 Å². The van der Waals surface area contributed by atoms with Crippen LogP contribution in [0.1, 0.15) is 52.8 Å². The number of aliphatic hydroxyl groups excluding tert-OH is 1. The molecule has 1 aliphatic carbocycles. The molecule has 21 heavy (non-hydrogen) atoms. The lowest BCUT2D eigenvalue weighted by molar-refractivity contribution is -0.0926. The third-order valence-corrected chi connectivity index (χ3v) is 3.45. The maximum Gasteiger partial charge on any atom is 0.335 e. The van der Waals surface area contributed by atoms with Crippen molar-refractivity contribution in [3.05, 3.63) is 35.4 Å². The standard InChI is InChI=1S/C8H6O4.C7H14O2/c9-7(10)5-1-2-6(4-3-5)8(11)12;8-7(9)6-4-2-1-3-5-6/h1-4H,(H,9,10)(H,11,12);6-9H,1-5H2. The molecule has 2 rings (SSSR count). The number of carbonyl (C=O) groups is 2. The zero-order valence-corrected chi connectivity index (χ0v) is 11.6. The van der Waals surface area contributed by atoms with Gasteiger partial charge in [0, 0.05) is 5.92 Å². The van der Waals surface area contributed by atoms with Gasteiger partial charge in [-0.2, -0.15) is 0 Å². The minimum absolute atomic E-state index is 0.0833. The predicted octanol–water partition coefficient (Wildman–Crippen LogP) is 1.96. The Morgan fingerprint density at radius 2 is 1.24 bits per heavy atom. The first kappa shape index (κ1) is 17.1. The lowest BCUT2D eigenvalue weighted by atomic mass is 9.89. The molecule has 0 atom stereocenters. The van der Waals surface area contributed by atoms with E-state index in [0.29, 0.717) is 0 Å². The lowest BCUT2D eigenvalue weighted by Gasteiger charge is -2.22. The van der Waals surface area contributed by atoms with Gasteiger partial charge in [0.15, 0.2) is 6.29 Å². The second-order valence-corrected chi connectivity index (χ2v) is 5.00. The Bertz CT molecular complexity index is 427. The molecule has 6 heteroatoms. The van der Waals surface area contributed by atoms with Crippen LogP contribution in [0.5, 0.6) is 0 Å². The molecule has 0 radical (unpaired) electrons. The minimum atomic E-state index is -1.06. The molecule has 0 aliphatic heterocycles. The maximum absolute atomic E-state index is 10.3. The molecule has 0 spiro atoms. The third kappa shape index (κ3) is 5.93. The van der Waals surface area contributed by atoms with Crippen molar-refractivity contribution in [3.8, 4) is 0 Å². The number of aromatic carboxylic acids is 2. The molecule has 116 valence electrons. The first-order valence-corrected chi connectivity index (χ1v) is 6.84. The molecule has 1 aromatic carbocycles. The third-order valence-electron chi connectivity index (χ3n) is 3.45. The molecular formula is C15H20O6. The second-order valence-electron chi connectivity index (χ2n) is 5.00. The molecule has 0 heterocycles. The zero-order chi connectivity index (χ0) is 15.8. The number of hydrogen-bond donors (Lipinski definition) is 4. The van der Waals surface area contributed by atoms with E-state index < -0.39 is 18.2 Å². The highest BCUT2D eigenvalue weighted by atomic mass is 16.5. The fourth-order valence-corrected chi connectivity index (χ4v) is 2.19.